The summed E-state index contributed by atoms with van der Waals surface area (Å²) in [5.74, 6) is 1.90. The fraction of sp³-hybridized carbons (Fsp3) is 0.0250. The first kappa shape index (κ1) is 23.8. The lowest BCUT2D eigenvalue weighted by Crippen LogP contribution is -2.25. The van der Waals surface area contributed by atoms with Gasteiger partial charge in [-0.1, -0.05) is 127 Å². The number of rotatable bonds is 3. The smallest absolute Gasteiger partial charge is 0.164 e. The highest BCUT2D eigenvalue weighted by Gasteiger charge is 2.51. The van der Waals surface area contributed by atoms with Crippen molar-refractivity contribution in [1.29, 1.82) is 0 Å². The van der Waals surface area contributed by atoms with Crippen LogP contribution in [-0.4, -0.2) is 15.0 Å². The van der Waals surface area contributed by atoms with Crippen LogP contribution in [0.5, 0.6) is 0 Å². The van der Waals surface area contributed by atoms with E-state index in [1.54, 1.807) is 0 Å². The maximum absolute atomic E-state index is 5.04. The molecule has 1 heterocycles. The second-order valence-corrected chi connectivity index (χ2v) is 11.0. The van der Waals surface area contributed by atoms with Gasteiger partial charge in [-0.3, -0.25) is 0 Å². The van der Waals surface area contributed by atoms with Crippen LogP contribution >= 0.6 is 0 Å². The molecule has 198 valence electrons. The highest BCUT2D eigenvalue weighted by atomic mass is 15.0. The molecule has 43 heavy (non-hydrogen) atoms. The van der Waals surface area contributed by atoms with Gasteiger partial charge in [0.15, 0.2) is 17.5 Å². The lowest BCUT2D eigenvalue weighted by atomic mass is 9.70. The molecule has 0 saturated heterocycles. The molecule has 2 aliphatic carbocycles. The van der Waals surface area contributed by atoms with Crippen LogP contribution in [0.25, 0.3) is 56.4 Å². The van der Waals surface area contributed by atoms with Crippen LogP contribution in [0.15, 0.2) is 140 Å². The molecule has 2 aliphatic rings. The minimum atomic E-state index is -0.419. The highest BCUT2D eigenvalue weighted by molar-refractivity contribution is 5.95. The van der Waals surface area contributed by atoms with Crippen molar-refractivity contribution in [3.63, 3.8) is 0 Å². The lowest BCUT2D eigenvalue weighted by molar-refractivity contribution is 0.794. The van der Waals surface area contributed by atoms with Crippen molar-refractivity contribution >= 4 is 0 Å². The van der Waals surface area contributed by atoms with Crippen molar-refractivity contribution in [3.8, 4) is 56.4 Å². The third kappa shape index (κ3) is 3.35. The Morgan fingerprint density at radius 1 is 0.395 bits per heavy atom. The molecule has 0 unspecified atom stereocenters. The number of hydrogen-bond acceptors (Lipinski definition) is 3. The molecule has 0 saturated carbocycles. The summed E-state index contributed by atoms with van der Waals surface area (Å²) in [6, 6.07) is 55.1. The zero-order valence-electron chi connectivity index (χ0n) is 23.1. The molecule has 3 heteroatoms. The van der Waals surface area contributed by atoms with E-state index in [1.807, 2.05) is 48.5 Å². The third-order valence-corrected chi connectivity index (χ3v) is 8.84. The quantitative estimate of drug-likeness (QED) is 0.223. The largest absolute Gasteiger partial charge is 0.208 e. The van der Waals surface area contributed by atoms with E-state index in [0.29, 0.717) is 17.5 Å². The molecule has 1 aromatic heterocycles. The summed E-state index contributed by atoms with van der Waals surface area (Å²) in [6.45, 7) is 0. The molecule has 0 aliphatic heterocycles. The summed E-state index contributed by atoms with van der Waals surface area (Å²) in [5.41, 5.74) is 12.7. The van der Waals surface area contributed by atoms with Gasteiger partial charge in [-0.05, 0) is 68.8 Å². The van der Waals surface area contributed by atoms with E-state index < -0.39 is 5.41 Å². The van der Waals surface area contributed by atoms with E-state index in [0.717, 1.165) is 16.7 Å². The Bertz CT molecular complexity index is 2060. The van der Waals surface area contributed by atoms with E-state index >= 15 is 0 Å². The predicted molar refractivity (Wildman–Crippen MR) is 170 cm³/mol. The van der Waals surface area contributed by atoms with Crippen LogP contribution < -0.4 is 0 Å². The van der Waals surface area contributed by atoms with Crippen LogP contribution in [-0.2, 0) is 5.41 Å². The Kier molecular flexibility index (Phi) is 5.03. The Hall–Kier alpha value is -5.85. The first-order valence-electron chi connectivity index (χ1n) is 14.5. The zero-order valence-corrected chi connectivity index (χ0v) is 23.1. The summed E-state index contributed by atoms with van der Waals surface area (Å²) in [4.78, 5) is 14.9. The van der Waals surface area contributed by atoms with E-state index in [1.165, 1.54) is 44.5 Å². The summed E-state index contributed by atoms with van der Waals surface area (Å²) < 4.78 is 0. The van der Waals surface area contributed by atoms with Gasteiger partial charge in [0, 0.05) is 16.7 Å². The Balaban J connectivity index is 1.32. The molecular formula is C40H23N3. The number of aromatic nitrogens is 3. The van der Waals surface area contributed by atoms with Gasteiger partial charge in [0.25, 0.3) is 0 Å². The van der Waals surface area contributed by atoms with Gasteiger partial charge in [-0.15, -0.1) is 0 Å². The zero-order chi connectivity index (χ0) is 28.4. The van der Waals surface area contributed by atoms with Crippen LogP contribution in [0.3, 0.4) is 0 Å². The lowest BCUT2D eigenvalue weighted by Gasteiger charge is -2.30. The molecule has 6 aromatic carbocycles. The standard InChI is InChI=1S/C40H23N3/c1-3-13-26(14-4-1)37-41-38(27-15-5-2-6-16-27)43-39(42-37)28-23-24-32-31-19-9-12-22-35(31)40(36(32)25-28)33-20-10-7-17-29(33)30-18-8-11-21-34(30)40/h1,3-5,7-25H. The number of hydrogen-bond donors (Lipinski definition) is 0. The average molecular weight is 546 g/mol. The Morgan fingerprint density at radius 2 is 0.907 bits per heavy atom. The van der Waals surface area contributed by atoms with Crippen molar-refractivity contribution in [3.05, 3.63) is 174 Å². The van der Waals surface area contributed by atoms with Gasteiger partial charge in [-0.25, -0.2) is 15.0 Å². The normalized spacial score (nSPS) is 13.1. The minimum Gasteiger partial charge on any atom is -0.208 e. The molecule has 0 fully saturated rings. The fourth-order valence-corrected chi connectivity index (χ4v) is 7.07. The van der Waals surface area contributed by atoms with Gasteiger partial charge in [-0.2, -0.15) is 0 Å². The van der Waals surface area contributed by atoms with Crippen molar-refractivity contribution in [2.24, 2.45) is 0 Å². The first-order chi connectivity index (χ1) is 21.3. The van der Waals surface area contributed by atoms with E-state index in [-0.39, 0.29) is 0 Å². The molecule has 9 rings (SSSR count). The van der Waals surface area contributed by atoms with Crippen molar-refractivity contribution in [1.82, 2.24) is 15.0 Å². The van der Waals surface area contributed by atoms with E-state index in [9.17, 15) is 0 Å². The predicted octanol–water partition coefficient (Wildman–Crippen LogP) is 8.82. The maximum atomic E-state index is 5.04. The van der Waals surface area contributed by atoms with Gasteiger partial charge in [0.2, 0.25) is 0 Å². The topological polar surface area (TPSA) is 38.7 Å². The van der Waals surface area contributed by atoms with Gasteiger partial charge >= 0.3 is 0 Å². The number of benzene rings is 5. The molecule has 0 radical (unpaired) electrons. The molecule has 3 nitrogen and oxygen atoms in total. The van der Waals surface area contributed by atoms with Crippen LogP contribution in [0.1, 0.15) is 22.3 Å². The van der Waals surface area contributed by atoms with Gasteiger partial charge in [0.1, 0.15) is 0 Å². The van der Waals surface area contributed by atoms with Gasteiger partial charge < -0.3 is 0 Å². The molecule has 0 atom stereocenters. The summed E-state index contributed by atoms with van der Waals surface area (Å²) in [7, 11) is 0. The summed E-state index contributed by atoms with van der Waals surface area (Å²) in [6.07, 6.45) is 0. The SMILES string of the molecule is c1ccc(-c2nc(-c3ccccc3)nc(-c3ccc4c(c3)C3(c5ccccc5-c5ccccc53)c3ccccc3-4)n2)cc#1. The van der Waals surface area contributed by atoms with Crippen molar-refractivity contribution in [2.45, 2.75) is 5.41 Å². The highest BCUT2D eigenvalue weighted by Crippen LogP contribution is 2.62. The van der Waals surface area contributed by atoms with Crippen LogP contribution in [0.2, 0.25) is 0 Å². The maximum Gasteiger partial charge on any atom is 0.164 e. The van der Waals surface area contributed by atoms with E-state index in [4.69, 9.17) is 15.0 Å². The molecule has 7 aromatic rings. The average Bonchev–Trinajstić information content (AvgIpc) is 3.56. The molecular weight excluding hydrogens is 522 g/mol. The van der Waals surface area contributed by atoms with Crippen LogP contribution in [0, 0.1) is 12.1 Å². The monoisotopic (exact) mass is 545 g/mol. The number of fused-ring (bicyclic) bond motifs is 10. The minimum absolute atomic E-state index is 0.419. The molecule has 1 spiro atoms. The van der Waals surface area contributed by atoms with Gasteiger partial charge in [0.05, 0.1) is 5.41 Å². The third-order valence-electron chi connectivity index (χ3n) is 8.84. The first-order valence-corrected chi connectivity index (χ1v) is 14.5. The fourth-order valence-electron chi connectivity index (χ4n) is 7.07. The summed E-state index contributed by atoms with van der Waals surface area (Å²) in [5, 5.41) is 0. The second kappa shape index (κ2) is 9.08. The van der Waals surface area contributed by atoms with Crippen molar-refractivity contribution in [2.75, 3.05) is 0 Å². The molecule has 0 N–H and O–H groups in total. The van der Waals surface area contributed by atoms with Crippen molar-refractivity contribution < 1.29 is 0 Å². The number of nitrogens with zero attached hydrogens (tertiary/aromatic N) is 3. The van der Waals surface area contributed by atoms with Crippen LogP contribution in [0.4, 0.5) is 0 Å². The molecule has 0 amide bonds. The Morgan fingerprint density at radius 3 is 1.49 bits per heavy atom. The second-order valence-electron chi connectivity index (χ2n) is 11.0. The molecule has 0 bridgehead atoms. The Labute approximate surface area is 250 Å². The van der Waals surface area contributed by atoms with E-state index in [2.05, 4.69) is 103 Å². The summed E-state index contributed by atoms with van der Waals surface area (Å²) >= 11 is 0.